The summed E-state index contributed by atoms with van der Waals surface area (Å²) in [5, 5.41) is 9.85. The number of nitrogens with one attached hydrogen (secondary N) is 1. The van der Waals surface area contributed by atoms with Crippen LogP contribution >= 0.6 is 50.5 Å². The van der Waals surface area contributed by atoms with Crippen molar-refractivity contribution in [2.24, 2.45) is 11.8 Å². The number of carboxylic acids is 1. The number of sulfonamides is 2. The first-order valence-corrected chi connectivity index (χ1v) is 21.8. The monoisotopic (exact) mass is 834 g/mol. The molecule has 2 aliphatic rings. The number of carboxylic acid groups (broad SMARTS) is 1. The van der Waals surface area contributed by atoms with Crippen molar-refractivity contribution in [3.63, 3.8) is 0 Å². The average Bonchev–Trinajstić information content (AvgIpc) is 3.43. The zero-order valence-electron chi connectivity index (χ0n) is 26.9. The Kier molecular flexibility index (Phi) is 13.5. The van der Waals surface area contributed by atoms with Gasteiger partial charge in [-0.15, -0.1) is 11.3 Å². The highest BCUT2D eigenvalue weighted by Gasteiger charge is 2.31. The maximum Gasteiger partial charge on any atom is 0.322 e. The lowest BCUT2D eigenvalue weighted by atomic mass is 9.89. The summed E-state index contributed by atoms with van der Waals surface area (Å²) < 4.78 is 57.3. The lowest BCUT2D eigenvalue weighted by Crippen LogP contribution is -2.42. The third kappa shape index (κ3) is 10.2. The van der Waals surface area contributed by atoms with Crippen molar-refractivity contribution in [3.8, 4) is 0 Å². The van der Waals surface area contributed by atoms with Crippen LogP contribution in [0.15, 0.2) is 62.2 Å². The van der Waals surface area contributed by atoms with Crippen molar-refractivity contribution >= 4 is 82.3 Å². The van der Waals surface area contributed by atoms with Crippen molar-refractivity contribution in [1.82, 2.24) is 14.0 Å². The van der Waals surface area contributed by atoms with Gasteiger partial charge in [0.25, 0.3) is 10.0 Å². The third-order valence-electron chi connectivity index (χ3n) is 9.41. The summed E-state index contributed by atoms with van der Waals surface area (Å²) in [6, 6.07) is 10.4. The standard InChI is InChI=1S/C33H41BrCl2N4O6S3/c34-27-21-30(47-31(27)36)49(45,46)40-17-13-24(14-18-40)8-4-1-3-7-23-11-15-39(16-12-23)32-28(35)20-26(22-37-32)48(43,44)38-29(33(41)42)19-25-9-5-2-6-10-25/h2,5-6,9-10,20-24,29,38H,1,3-4,7-8,11-19H2,(H,41,42). The number of piperidine rings is 2. The summed E-state index contributed by atoms with van der Waals surface area (Å²) in [4.78, 5) is 18.1. The zero-order valence-corrected chi connectivity index (χ0v) is 32.5. The van der Waals surface area contributed by atoms with Crippen molar-refractivity contribution in [3.05, 3.63) is 68.1 Å². The molecule has 0 aliphatic carbocycles. The Morgan fingerprint density at radius 2 is 1.57 bits per heavy atom. The Balaban J connectivity index is 1.01. The average molecular weight is 837 g/mol. The summed E-state index contributed by atoms with van der Waals surface area (Å²) in [5.41, 5.74) is 0.700. The molecule has 0 spiro atoms. The van der Waals surface area contributed by atoms with E-state index < -0.39 is 32.1 Å². The molecular weight excluding hydrogens is 795 g/mol. The predicted molar refractivity (Wildman–Crippen MR) is 198 cm³/mol. The molecule has 2 N–H and O–H groups in total. The van der Waals surface area contributed by atoms with Gasteiger partial charge in [-0.3, -0.25) is 4.79 Å². The van der Waals surface area contributed by atoms with E-state index in [9.17, 15) is 26.7 Å². The van der Waals surface area contributed by atoms with Gasteiger partial charge >= 0.3 is 5.97 Å². The molecule has 268 valence electrons. The number of aliphatic carboxylic acids is 1. The summed E-state index contributed by atoms with van der Waals surface area (Å²) in [7, 11) is -7.67. The van der Waals surface area contributed by atoms with Crippen molar-refractivity contribution in [2.45, 2.75) is 79.4 Å². The van der Waals surface area contributed by atoms with Gasteiger partial charge in [-0.1, -0.05) is 85.6 Å². The summed E-state index contributed by atoms with van der Waals surface area (Å²) in [6.45, 7) is 2.64. The van der Waals surface area contributed by atoms with Gasteiger partial charge in [-0.2, -0.15) is 9.03 Å². The van der Waals surface area contributed by atoms with Gasteiger partial charge in [0.15, 0.2) is 0 Å². The highest BCUT2D eigenvalue weighted by Crippen LogP contribution is 2.37. The van der Waals surface area contributed by atoms with E-state index >= 15 is 0 Å². The Morgan fingerprint density at radius 1 is 0.959 bits per heavy atom. The summed E-state index contributed by atoms with van der Waals surface area (Å²) in [6.07, 6.45) is 10.7. The SMILES string of the molecule is O=C(O)C(Cc1ccccc1)NS(=O)(=O)c1cnc(N2CCC(CCCCCC3CCN(S(=O)(=O)c4cc(Br)c(Cl)s4)CC3)CC2)c(Cl)c1. The maximum absolute atomic E-state index is 13.0. The normalized spacial score (nSPS) is 17.7. The number of hydrogen-bond donors (Lipinski definition) is 2. The van der Waals surface area contributed by atoms with Gasteiger partial charge in [-0.05, 0) is 77.6 Å². The van der Waals surface area contributed by atoms with Gasteiger partial charge in [0, 0.05) is 36.8 Å². The minimum Gasteiger partial charge on any atom is -0.480 e. The first-order chi connectivity index (χ1) is 23.3. The van der Waals surface area contributed by atoms with Gasteiger partial charge in [-0.25, -0.2) is 21.8 Å². The van der Waals surface area contributed by atoms with Gasteiger partial charge in [0.05, 0.1) is 5.02 Å². The molecule has 4 heterocycles. The second-order valence-electron chi connectivity index (χ2n) is 12.8. The Bertz CT molecular complexity index is 1780. The fourth-order valence-corrected chi connectivity index (χ4v) is 12.0. The first-order valence-electron chi connectivity index (χ1n) is 16.5. The highest BCUT2D eigenvalue weighted by molar-refractivity contribution is 9.10. The molecule has 16 heteroatoms. The lowest BCUT2D eigenvalue weighted by molar-refractivity contribution is -0.138. The van der Waals surface area contributed by atoms with Crippen LogP contribution in [-0.4, -0.2) is 69.4 Å². The van der Waals surface area contributed by atoms with Crippen molar-refractivity contribution < 1.29 is 26.7 Å². The van der Waals surface area contributed by atoms with Crippen LogP contribution in [0.25, 0.3) is 0 Å². The number of thiophene rings is 1. The third-order valence-corrected chi connectivity index (χ3v) is 16.0. The van der Waals surface area contributed by atoms with Crippen LogP contribution in [0.3, 0.4) is 0 Å². The van der Waals surface area contributed by atoms with Crippen LogP contribution in [0.5, 0.6) is 0 Å². The first kappa shape index (κ1) is 38.5. The van der Waals surface area contributed by atoms with Crippen LogP contribution < -0.4 is 9.62 Å². The van der Waals surface area contributed by atoms with E-state index in [1.54, 1.807) is 40.7 Å². The fraction of sp³-hybridized carbons (Fsp3) is 0.515. The van der Waals surface area contributed by atoms with E-state index in [0.29, 0.717) is 45.1 Å². The lowest BCUT2D eigenvalue weighted by Gasteiger charge is -2.33. The van der Waals surface area contributed by atoms with E-state index in [1.165, 1.54) is 12.3 Å². The van der Waals surface area contributed by atoms with E-state index in [0.717, 1.165) is 82.2 Å². The molecule has 5 rings (SSSR count). The predicted octanol–water partition coefficient (Wildman–Crippen LogP) is 7.45. The highest BCUT2D eigenvalue weighted by atomic mass is 79.9. The molecule has 3 aromatic rings. The minimum atomic E-state index is -4.17. The van der Waals surface area contributed by atoms with Gasteiger partial charge in [0.2, 0.25) is 10.0 Å². The second-order valence-corrected chi connectivity index (χ2v) is 19.6. The molecule has 0 bridgehead atoms. The number of nitrogens with zero attached hydrogens (tertiary/aromatic N) is 3. The molecule has 0 saturated carbocycles. The molecule has 0 radical (unpaired) electrons. The quantitative estimate of drug-likeness (QED) is 0.151. The molecule has 1 unspecified atom stereocenters. The van der Waals surface area contributed by atoms with E-state index in [2.05, 4.69) is 30.5 Å². The van der Waals surface area contributed by atoms with Gasteiger partial charge in [0.1, 0.15) is 25.3 Å². The van der Waals surface area contributed by atoms with Gasteiger partial charge < -0.3 is 10.0 Å². The van der Waals surface area contributed by atoms with E-state index in [1.807, 2.05) is 0 Å². The molecule has 2 fully saturated rings. The van der Waals surface area contributed by atoms with Crippen LogP contribution in [0.4, 0.5) is 5.82 Å². The minimum absolute atomic E-state index is 0.00313. The number of unbranched alkanes of at least 4 members (excludes halogenated alkanes) is 2. The number of anilines is 1. The largest absolute Gasteiger partial charge is 0.480 e. The Labute approximate surface area is 311 Å². The number of hydrogen-bond acceptors (Lipinski definition) is 8. The maximum atomic E-state index is 13.0. The van der Waals surface area contributed by atoms with E-state index in [4.69, 9.17) is 23.2 Å². The van der Waals surface area contributed by atoms with Crippen LogP contribution in [0, 0.1) is 11.8 Å². The topological polar surface area (TPSA) is 137 Å². The zero-order chi connectivity index (χ0) is 35.2. The molecule has 2 saturated heterocycles. The van der Waals surface area contributed by atoms with Crippen LogP contribution in [-0.2, 0) is 31.3 Å². The summed E-state index contributed by atoms with van der Waals surface area (Å²) >= 11 is 17.0. The number of halogens is 3. The fourth-order valence-electron chi connectivity index (χ4n) is 6.57. The Morgan fingerprint density at radius 3 is 2.12 bits per heavy atom. The summed E-state index contributed by atoms with van der Waals surface area (Å²) in [5.74, 6) is 0.419. The molecule has 49 heavy (non-hydrogen) atoms. The number of aromatic nitrogens is 1. The second kappa shape index (κ2) is 17.2. The molecule has 2 aromatic heterocycles. The molecule has 0 amide bonds. The molecule has 1 atom stereocenters. The molecule has 2 aliphatic heterocycles. The molecule has 1 aromatic carbocycles. The number of pyridine rings is 1. The van der Waals surface area contributed by atoms with Crippen LogP contribution in [0.1, 0.15) is 63.4 Å². The molecular formula is C33H41BrCl2N4O6S3. The molecule has 10 nitrogen and oxygen atoms in total. The smallest absolute Gasteiger partial charge is 0.322 e. The number of carbonyl (C=O) groups is 1. The number of benzene rings is 1. The van der Waals surface area contributed by atoms with Crippen molar-refractivity contribution in [2.75, 3.05) is 31.1 Å². The van der Waals surface area contributed by atoms with Crippen LogP contribution in [0.2, 0.25) is 9.36 Å². The number of rotatable bonds is 15. The Hall–Kier alpha value is -1.78. The van der Waals surface area contributed by atoms with Crippen molar-refractivity contribution in [1.29, 1.82) is 0 Å². The van der Waals surface area contributed by atoms with E-state index in [-0.39, 0.29) is 20.5 Å².